The van der Waals surface area contributed by atoms with Gasteiger partial charge in [-0.1, -0.05) is 12.1 Å². The minimum Gasteiger partial charge on any atom is -0.490 e. The molecule has 0 unspecified atom stereocenters. The number of aryl methyl sites for hydroxylation is 1. The SMILES string of the molecule is CC(C)Oc1ccc(C(=O)/C=C/c2ccc3c(ccn3C)c2)c2c1C=CC(C)(C)O2. The lowest BCUT2D eigenvalue weighted by molar-refractivity contribution is 0.103. The summed E-state index contributed by atoms with van der Waals surface area (Å²) in [7, 11) is 2.02. The van der Waals surface area contributed by atoms with Gasteiger partial charge in [-0.25, -0.2) is 0 Å². The number of rotatable bonds is 5. The van der Waals surface area contributed by atoms with E-state index in [4.69, 9.17) is 9.47 Å². The van der Waals surface area contributed by atoms with Gasteiger partial charge in [0, 0.05) is 24.1 Å². The zero-order chi connectivity index (χ0) is 21.5. The minimum absolute atomic E-state index is 0.0341. The molecule has 154 valence electrons. The van der Waals surface area contributed by atoms with E-state index in [9.17, 15) is 4.79 Å². The van der Waals surface area contributed by atoms with E-state index in [0.29, 0.717) is 11.3 Å². The lowest BCUT2D eigenvalue weighted by atomic mass is 9.97. The average molecular weight is 402 g/mol. The molecular formula is C26H27NO3. The van der Waals surface area contributed by atoms with Crippen LogP contribution in [-0.2, 0) is 7.05 Å². The first-order chi connectivity index (χ1) is 14.2. The van der Waals surface area contributed by atoms with Crippen LogP contribution in [0.15, 0.2) is 54.7 Å². The van der Waals surface area contributed by atoms with E-state index < -0.39 is 5.60 Å². The summed E-state index contributed by atoms with van der Waals surface area (Å²) in [4.78, 5) is 13.1. The lowest BCUT2D eigenvalue weighted by Crippen LogP contribution is -2.29. The number of ether oxygens (including phenoxy) is 2. The molecule has 2 aromatic carbocycles. The summed E-state index contributed by atoms with van der Waals surface area (Å²) < 4.78 is 14.2. The molecule has 4 rings (SSSR count). The van der Waals surface area contributed by atoms with E-state index in [1.807, 2.05) is 71.3 Å². The Morgan fingerprint density at radius 1 is 1.17 bits per heavy atom. The summed E-state index contributed by atoms with van der Waals surface area (Å²) >= 11 is 0. The largest absolute Gasteiger partial charge is 0.490 e. The van der Waals surface area contributed by atoms with Gasteiger partial charge in [-0.15, -0.1) is 0 Å². The van der Waals surface area contributed by atoms with Gasteiger partial charge in [-0.3, -0.25) is 4.79 Å². The topological polar surface area (TPSA) is 40.5 Å². The van der Waals surface area contributed by atoms with Crippen molar-refractivity contribution in [3.05, 3.63) is 71.4 Å². The number of fused-ring (bicyclic) bond motifs is 2. The third-order valence-corrected chi connectivity index (χ3v) is 5.14. The first-order valence-corrected chi connectivity index (χ1v) is 10.2. The van der Waals surface area contributed by atoms with E-state index in [0.717, 1.165) is 27.8 Å². The minimum atomic E-state index is -0.486. The second-order valence-corrected chi connectivity index (χ2v) is 8.50. The molecule has 0 saturated heterocycles. The predicted octanol–water partition coefficient (Wildman–Crippen LogP) is 6.05. The Morgan fingerprint density at radius 2 is 1.97 bits per heavy atom. The van der Waals surface area contributed by atoms with Crippen LogP contribution in [-0.4, -0.2) is 22.1 Å². The molecule has 3 aromatic rings. The molecule has 0 saturated carbocycles. The summed E-state index contributed by atoms with van der Waals surface area (Å²) in [6.07, 6.45) is 9.50. The second-order valence-electron chi connectivity index (χ2n) is 8.50. The van der Waals surface area contributed by atoms with E-state index in [2.05, 4.69) is 22.8 Å². The van der Waals surface area contributed by atoms with Gasteiger partial charge in [0.15, 0.2) is 5.78 Å². The fourth-order valence-electron chi connectivity index (χ4n) is 3.65. The number of allylic oxidation sites excluding steroid dienone is 1. The van der Waals surface area contributed by atoms with Crippen molar-refractivity contribution in [3.63, 3.8) is 0 Å². The maximum Gasteiger partial charge on any atom is 0.189 e. The summed E-state index contributed by atoms with van der Waals surface area (Å²) in [5.41, 5.74) is 3.01. The van der Waals surface area contributed by atoms with Gasteiger partial charge in [0.05, 0.1) is 17.2 Å². The standard InChI is InChI=1S/C26H27NO3/c1-17(2)29-24-11-8-20(25-21(24)12-14-26(3,4)30-25)23(28)10-7-18-6-9-22-19(16-18)13-15-27(22)5/h6-17H,1-5H3/b10-7+. The van der Waals surface area contributed by atoms with E-state index in [1.54, 1.807) is 12.1 Å². The predicted molar refractivity (Wildman–Crippen MR) is 122 cm³/mol. The number of carbonyl (C=O) groups excluding carboxylic acids is 1. The number of carbonyl (C=O) groups is 1. The van der Waals surface area contributed by atoms with Gasteiger partial charge in [-0.2, -0.15) is 0 Å². The van der Waals surface area contributed by atoms with Crippen LogP contribution >= 0.6 is 0 Å². The molecule has 30 heavy (non-hydrogen) atoms. The second kappa shape index (κ2) is 7.52. The van der Waals surface area contributed by atoms with Crippen LogP contribution in [0.5, 0.6) is 11.5 Å². The normalized spacial score (nSPS) is 14.9. The summed E-state index contributed by atoms with van der Waals surface area (Å²) in [6.45, 7) is 7.91. The molecule has 0 spiro atoms. The van der Waals surface area contributed by atoms with Crippen molar-refractivity contribution in [3.8, 4) is 11.5 Å². The average Bonchev–Trinajstić information content (AvgIpc) is 3.05. The highest BCUT2D eigenvalue weighted by Crippen LogP contribution is 2.40. The van der Waals surface area contributed by atoms with Crippen molar-refractivity contribution in [2.45, 2.75) is 39.4 Å². The van der Waals surface area contributed by atoms with Gasteiger partial charge in [0.25, 0.3) is 0 Å². The first kappa shape index (κ1) is 20.0. The molecule has 4 heteroatoms. The molecule has 0 bridgehead atoms. The maximum atomic E-state index is 13.1. The highest BCUT2D eigenvalue weighted by atomic mass is 16.5. The molecule has 4 nitrogen and oxygen atoms in total. The molecule has 0 amide bonds. The summed E-state index contributed by atoms with van der Waals surface area (Å²) in [6, 6.07) is 11.9. The Bertz CT molecular complexity index is 1180. The van der Waals surface area contributed by atoms with Crippen LogP contribution < -0.4 is 9.47 Å². The number of hydrogen-bond acceptors (Lipinski definition) is 3. The molecule has 0 N–H and O–H groups in total. The maximum absolute atomic E-state index is 13.1. The van der Waals surface area contributed by atoms with E-state index in [1.165, 1.54) is 0 Å². The monoisotopic (exact) mass is 401 g/mol. The van der Waals surface area contributed by atoms with Crippen molar-refractivity contribution >= 4 is 28.8 Å². The number of benzene rings is 2. The van der Waals surface area contributed by atoms with Crippen molar-refractivity contribution in [2.75, 3.05) is 0 Å². The number of hydrogen-bond donors (Lipinski definition) is 0. The molecule has 2 heterocycles. The molecule has 0 atom stereocenters. The third kappa shape index (κ3) is 3.90. The van der Waals surface area contributed by atoms with Crippen LogP contribution in [0.1, 0.15) is 49.2 Å². The number of ketones is 1. The quantitative estimate of drug-likeness (QED) is 0.386. The van der Waals surface area contributed by atoms with Gasteiger partial charge in [-0.05, 0) is 81.8 Å². The fraction of sp³-hybridized carbons (Fsp3) is 0.269. The van der Waals surface area contributed by atoms with Gasteiger partial charge in [0.2, 0.25) is 0 Å². The fourth-order valence-corrected chi connectivity index (χ4v) is 3.65. The Balaban J connectivity index is 1.68. The highest BCUT2D eigenvalue weighted by molar-refractivity contribution is 6.09. The van der Waals surface area contributed by atoms with Gasteiger partial charge in [0.1, 0.15) is 17.1 Å². The Kier molecular flexibility index (Phi) is 5.02. The van der Waals surface area contributed by atoms with Crippen LogP contribution in [0.2, 0.25) is 0 Å². The van der Waals surface area contributed by atoms with Crippen molar-refractivity contribution < 1.29 is 14.3 Å². The molecule has 1 aliphatic rings. The van der Waals surface area contributed by atoms with E-state index >= 15 is 0 Å². The smallest absolute Gasteiger partial charge is 0.189 e. The van der Waals surface area contributed by atoms with Gasteiger partial charge < -0.3 is 14.0 Å². The van der Waals surface area contributed by atoms with Crippen LogP contribution in [0.25, 0.3) is 23.1 Å². The molecule has 0 fully saturated rings. The van der Waals surface area contributed by atoms with Crippen molar-refractivity contribution in [1.82, 2.24) is 4.57 Å². The van der Waals surface area contributed by atoms with Crippen molar-refractivity contribution in [1.29, 1.82) is 0 Å². The van der Waals surface area contributed by atoms with Gasteiger partial charge >= 0.3 is 0 Å². The molecule has 1 aliphatic heterocycles. The lowest BCUT2D eigenvalue weighted by Gasteiger charge is -2.30. The summed E-state index contributed by atoms with van der Waals surface area (Å²) in [5.74, 6) is 1.21. The number of nitrogens with zero attached hydrogens (tertiary/aromatic N) is 1. The zero-order valence-electron chi connectivity index (χ0n) is 18.1. The van der Waals surface area contributed by atoms with Crippen LogP contribution in [0, 0.1) is 0 Å². The van der Waals surface area contributed by atoms with Crippen molar-refractivity contribution in [2.24, 2.45) is 7.05 Å². The Labute approximate surface area is 177 Å². The zero-order valence-corrected chi connectivity index (χ0v) is 18.1. The molecule has 0 radical (unpaired) electrons. The Morgan fingerprint density at radius 3 is 2.73 bits per heavy atom. The molecule has 1 aromatic heterocycles. The van der Waals surface area contributed by atoms with Crippen LogP contribution in [0.3, 0.4) is 0 Å². The first-order valence-electron chi connectivity index (χ1n) is 10.2. The third-order valence-electron chi connectivity index (χ3n) is 5.14. The van der Waals surface area contributed by atoms with Crippen LogP contribution in [0.4, 0.5) is 0 Å². The molecule has 0 aliphatic carbocycles. The van der Waals surface area contributed by atoms with E-state index in [-0.39, 0.29) is 11.9 Å². The summed E-state index contributed by atoms with van der Waals surface area (Å²) in [5, 5.41) is 1.15. The Hall–Kier alpha value is -3.27. The molecular weight excluding hydrogens is 374 g/mol. The highest BCUT2D eigenvalue weighted by Gasteiger charge is 2.28. The number of aromatic nitrogens is 1.